The summed E-state index contributed by atoms with van der Waals surface area (Å²) in [5, 5.41) is 4.73. The Morgan fingerprint density at radius 1 is 1.10 bits per heavy atom. The minimum absolute atomic E-state index is 0.589. The quantitative estimate of drug-likeness (QED) is 0.402. The van der Waals surface area contributed by atoms with E-state index in [4.69, 9.17) is 4.98 Å². The first-order valence-corrected chi connectivity index (χ1v) is 11.2. The lowest BCUT2D eigenvalue weighted by atomic mass is 9.96. The van der Waals surface area contributed by atoms with Crippen molar-refractivity contribution in [2.24, 2.45) is 0 Å². The summed E-state index contributed by atoms with van der Waals surface area (Å²) >= 11 is 1.77. The summed E-state index contributed by atoms with van der Waals surface area (Å²) in [7, 11) is 0. The molecular weight excluding hydrogens is 378 g/mol. The zero-order valence-electron chi connectivity index (χ0n) is 16.2. The van der Waals surface area contributed by atoms with Crippen LogP contribution in [0.25, 0.3) is 27.0 Å². The third kappa shape index (κ3) is 3.08. The van der Waals surface area contributed by atoms with E-state index in [1.165, 1.54) is 53.6 Å². The number of aromatic amines is 1. The molecular formula is C23H23N5S. The summed E-state index contributed by atoms with van der Waals surface area (Å²) in [5.41, 5.74) is 5.86. The maximum Gasteiger partial charge on any atom is 0.212 e. The van der Waals surface area contributed by atoms with Crippen LogP contribution >= 0.6 is 11.3 Å². The SMILES string of the molecule is c1ccc2c(c1)[nH]c1ncc(Cc3ccc4nc(NC5CCCCC5)sc4c3)n12. The minimum Gasteiger partial charge on any atom is -0.359 e. The van der Waals surface area contributed by atoms with E-state index in [-0.39, 0.29) is 0 Å². The molecule has 146 valence electrons. The first-order valence-electron chi connectivity index (χ1n) is 10.4. The van der Waals surface area contributed by atoms with Gasteiger partial charge in [-0.2, -0.15) is 0 Å². The maximum atomic E-state index is 4.81. The second-order valence-electron chi connectivity index (χ2n) is 8.03. The lowest BCUT2D eigenvalue weighted by Crippen LogP contribution is -2.21. The Bertz CT molecular complexity index is 1310. The molecule has 6 heteroatoms. The summed E-state index contributed by atoms with van der Waals surface area (Å²) in [4.78, 5) is 12.8. The fourth-order valence-electron chi connectivity index (χ4n) is 4.54. The predicted octanol–water partition coefficient (Wildman–Crippen LogP) is 5.76. The molecule has 1 aliphatic rings. The van der Waals surface area contributed by atoms with Crippen molar-refractivity contribution < 1.29 is 0 Å². The number of hydrogen-bond donors (Lipinski definition) is 2. The molecule has 1 aliphatic carbocycles. The van der Waals surface area contributed by atoms with Crippen molar-refractivity contribution in [3.8, 4) is 0 Å². The zero-order chi connectivity index (χ0) is 19.2. The molecule has 0 aliphatic heterocycles. The first kappa shape index (κ1) is 17.0. The van der Waals surface area contributed by atoms with E-state index in [0.717, 1.165) is 28.4 Å². The number of hydrogen-bond acceptors (Lipinski definition) is 4. The van der Waals surface area contributed by atoms with Gasteiger partial charge >= 0.3 is 0 Å². The summed E-state index contributed by atoms with van der Waals surface area (Å²) in [5.74, 6) is 0.902. The number of nitrogens with one attached hydrogen (secondary N) is 2. The van der Waals surface area contributed by atoms with Crippen LogP contribution in [0, 0.1) is 0 Å². The number of anilines is 1. The lowest BCUT2D eigenvalue weighted by Gasteiger charge is -2.22. The van der Waals surface area contributed by atoms with Crippen molar-refractivity contribution in [3.05, 3.63) is 59.9 Å². The topological polar surface area (TPSA) is 58.0 Å². The minimum atomic E-state index is 0.589. The molecule has 2 N–H and O–H groups in total. The predicted molar refractivity (Wildman–Crippen MR) is 120 cm³/mol. The van der Waals surface area contributed by atoms with Gasteiger partial charge in [-0.3, -0.25) is 4.40 Å². The number of para-hydroxylation sites is 2. The summed E-state index contributed by atoms with van der Waals surface area (Å²) in [6, 6.07) is 15.6. The number of thiazole rings is 1. The van der Waals surface area contributed by atoms with Gasteiger partial charge in [0.05, 0.1) is 27.4 Å². The van der Waals surface area contributed by atoms with Crippen LogP contribution in [0.4, 0.5) is 5.13 Å². The standard InChI is InChI=1S/C23H23N5S/c1-2-6-16(7-3-1)25-23-27-19-11-10-15(13-21(19)29-23)12-17-14-24-22-26-18-8-4-5-9-20(18)28(17)22/h4-5,8-11,13-14,16H,1-3,6-7,12H2,(H,24,26)(H,25,27). The van der Waals surface area contributed by atoms with E-state index in [9.17, 15) is 0 Å². The third-order valence-electron chi connectivity index (χ3n) is 6.00. The Labute approximate surface area is 172 Å². The van der Waals surface area contributed by atoms with Crippen LogP contribution in [0.3, 0.4) is 0 Å². The number of nitrogens with zero attached hydrogens (tertiary/aromatic N) is 3. The van der Waals surface area contributed by atoms with Gasteiger partial charge < -0.3 is 10.3 Å². The van der Waals surface area contributed by atoms with Crippen LogP contribution < -0.4 is 5.32 Å². The van der Waals surface area contributed by atoms with Crippen LogP contribution in [0.5, 0.6) is 0 Å². The van der Waals surface area contributed by atoms with E-state index in [1.807, 2.05) is 6.20 Å². The molecule has 0 radical (unpaired) electrons. The molecule has 6 rings (SSSR count). The molecule has 29 heavy (non-hydrogen) atoms. The van der Waals surface area contributed by atoms with Gasteiger partial charge in [-0.25, -0.2) is 9.97 Å². The fraction of sp³-hybridized carbons (Fsp3) is 0.304. The van der Waals surface area contributed by atoms with Crippen molar-refractivity contribution in [1.82, 2.24) is 19.4 Å². The highest BCUT2D eigenvalue weighted by Crippen LogP contribution is 2.30. The molecule has 0 bridgehead atoms. The van der Waals surface area contributed by atoms with E-state index < -0.39 is 0 Å². The van der Waals surface area contributed by atoms with Crippen molar-refractivity contribution in [3.63, 3.8) is 0 Å². The molecule has 0 atom stereocenters. The van der Waals surface area contributed by atoms with Gasteiger partial charge in [0.1, 0.15) is 0 Å². The van der Waals surface area contributed by atoms with Gasteiger partial charge in [-0.05, 0) is 42.7 Å². The Morgan fingerprint density at radius 2 is 2.00 bits per heavy atom. The van der Waals surface area contributed by atoms with Gasteiger partial charge in [-0.15, -0.1) is 0 Å². The molecule has 2 aromatic carbocycles. The molecule has 0 saturated heterocycles. The molecule has 1 fully saturated rings. The summed E-state index contributed by atoms with van der Waals surface area (Å²) in [6.07, 6.45) is 9.40. The third-order valence-corrected chi connectivity index (χ3v) is 6.95. The smallest absolute Gasteiger partial charge is 0.212 e. The van der Waals surface area contributed by atoms with Crippen molar-refractivity contribution >= 4 is 43.5 Å². The highest BCUT2D eigenvalue weighted by molar-refractivity contribution is 7.22. The maximum absolute atomic E-state index is 4.81. The second-order valence-corrected chi connectivity index (χ2v) is 9.06. The Balaban J connectivity index is 1.30. The second kappa shape index (κ2) is 6.88. The van der Waals surface area contributed by atoms with E-state index in [2.05, 4.69) is 62.2 Å². The van der Waals surface area contributed by atoms with E-state index in [0.29, 0.717) is 6.04 Å². The summed E-state index contributed by atoms with van der Waals surface area (Å²) < 4.78 is 3.47. The molecule has 1 saturated carbocycles. The molecule has 0 unspecified atom stereocenters. The zero-order valence-corrected chi connectivity index (χ0v) is 17.0. The lowest BCUT2D eigenvalue weighted by molar-refractivity contribution is 0.462. The van der Waals surface area contributed by atoms with Crippen LogP contribution in [-0.2, 0) is 6.42 Å². The normalized spacial score (nSPS) is 15.6. The van der Waals surface area contributed by atoms with Crippen LogP contribution in [0.15, 0.2) is 48.7 Å². The van der Waals surface area contributed by atoms with Crippen LogP contribution in [0.1, 0.15) is 43.4 Å². The van der Waals surface area contributed by atoms with Crippen molar-refractivity contribution in [1.29, 1.82) is 0 Å². The molecule has 3 aromatic heterocycles. The molecule has 3 heterocycles. The Kier molecular flexibility index (Phi) is 4.04. The van der Waals surface area contributed by atoms with Gasteiger partial charge in [-0.1, -0.05) is 48.8 Å². The number of H-pyrrole nitrogens is 1. The number of fused-ring (bicyclic) bond motifs is 4. The average Bonchev–Trinajstić information content (AvgIpc) is 3.42. The van der Waals surface area contributed by atoms with Crippen LogP contribution in [-0.4, -0.2) is 25.4 Å². The highest BCUT2D eigenvalue weighted by atomic mass is 32.1. The van der Waals surface area contributed by atoms with Gasteiger partial charge in [0.15, 0.2) is 5.13 Å². The van der Waals surface area contributed by atoms with Gasteiger partial charge in [0.2, 0.25) is 5.78 Å². The first-order chi connectivity index (χ1) is 14.3. The average molecular weight is 402 g/mol. The molecule has 0 amide bonds. The highest BCUT2D eigenvalue weighted by Gasteiger charge is 2.15. The molecule has 0 spiro atoms. The monoisotopic (exact) mass is 401 g/mol. The van der Waals surface area contributed by atoms with Crippen molar-refractivity contribution in [2.45, 2.75) is 44.6 Å². The van der Waals surface area contributed by atoms with Gasteiger partial charge in [0, 0.05) is 18.2 Å². The summed E-state index contributed by atoms with van der Waals surface area (Å²) in [6.45, 7) is 0. The van der Waals surface area contributed by atoms with Crippen LogP contribution in [0.2, 0.25) is 0 Å². The molecule has 5 aromatic rings. The van der Waals surface area contributed by atoms with E-state index in [1.54, 1.807) is 11.3 Å². The van der Waals surface area contributed by atoms with E-state index >= 15 is 0 Å². The van der Waals surface area contributed by atoms with Gasteiger partial charge in [0.25, 0.3) is 0 Å². The Morgan fingerprint density at radius 3 is 2.93 bits per heavy atom. The largest absolute Gasteiger partial charge is 0.359 e. The molecule has 5 nitrogen and oxygen atoms in total. The number of benzene rings is 2. The number of aromatic nitrogens is 4. The fourth-order valence-corrected chi connectivity index (χ4v) is 5.54. The van der Waals surface area contributed by atoms with Crippen molar-refractivity contribution in [2.75, 3.05) is 5.32 Å². The number of rotatable bonds is 4. The Hall–Kier alpha value is -2.86. The number of imidazole rings is 2.